The summed E-state index contributed by atoms with van der Waals surface area (Å²) in [5, 5.41) is 1.71. The van der Waals surface area contributed by atoms with Gasteiger partial charge in [-0.2, -0.15) is 0 Å². The number of hydrogen-bond acceptors (Lipinski definition) is 1. The van der Waals surface area contributed by atoms with E-state index in [0.717, 1.165) is 21.7 Å². The lowest BCUT2D eigenvalue weighted by Gasteiger charge is -2.37. The Hall–Kier alpha value is -2.93. The largest absolute Gasteiger partial charge is 0.296 e. The monoisotopic (exact) mass is 411 g/mol. The predicted octanol–water partition coefficient (Wildman–Crippen LogP) is 6.18. The normalized spacial score (nSPS) is 12.6. The Morgan fingerprint density at radius 3 is 1.50 bits per heavy atom. The van der Waals surface area contributed by atoms with Crippen LogP contribution >= 0.6 is 7.29 Å². The maximum Gasteiger partial charge on any atom is 0.208 e. The molecule has 0 spiro atoms. The fourth-order valence-electron chi connectivity index (χ4n) is 3.86. The molecule has 0 aromatic heterocycles. The number of benzene rings is 4. The molecule has 150 valence electrons. The second-order valence-corrected chi connectivity index (χ2v) is 10.1. The summed E-state index contributed by atoms with van der Waals surface area (Å²) in [5.41, 5.74) is 2.30. The maximum absolute atomic E-state index is 15.1. The van der Waals surface area contributed by atoms with Gasteiger partial charge in [-0.05, 0) is 42.3 Å². The van der Waals surface area contributed by atoms with E-state index in [1.54, 1.807) is 0 Å². The van der Waals surface area contributed by atoms with Gasteiger partial charge in [-0.1, -0.05) is 97.1 Å². The molecule has 4 rings (SSSR count). The van der Waals surface area contributed by atoms with Crippen molar-refractivity contribution in [1.29, 1.82) is 0 Å². The summed E-state index contributed by atoms with van der Waals surface area (Å²) in [7, 11) is -3.09. The molecule has 1 atom stereocenters. The van der Waals surface area contributed by atoms with Crippen LogP contribution in [0.5, 0.6) is 0 Å². The number of nitrogens with zero attached hydrogens (tertiary/aromatic N) is 1. The highest BCUT2D eigenvalue weighted by Crippen LogP contribution is 2.52. The van der Waals surface area contributed by atoms with Crippen molar-refractivity contribution >= 4 is 17.9 Å². The number of rotatable bonds is 7. The van der Waals surface area contributed by atoms with Gasteiger partial charge in [0.05, 0.1) is 0 Å². The van der Waals surface area contributed by atoms with Crippen molar-refractivity contribution in [2.45, 2.75) is 19.5 Å². The van der Waals surface area contributed by atoms with Crippen molar-refractivity contribution < 1.29 is 4.57 Å². The van der Waals surface area contributed by atoms with Crippen LogP contribution in [0.2, 0.25) is 0 Å². The van der Waals surface area contributed by atoms with E-state index >= 15 is 4.57 Å². The first-order valence-corrected chi connectivity index (χ1v) is 11.9. The van der Waals surface area contributed by atoms with Crippen molar-refractivity contribution in [3.63, 3.8) is 0 Å². The molecule has 0 unspecified atom stereocenters. The molecule has 2 nitrogen and oxygen atoms in total. The standard InChI is InChI=1S/C27H26NOP/c1-23(25-16-8-3-9-17-25)28(22-24-14-6-2-7-15-24)30(29,26-18-10-4-11-19-26)27-20-12-5-13-21-27/h2-21,23H,22H2,1H3/t23-/m0/s1. The van der Waals surface area contributed by atoms with Gasteiger partial charge in [-0.25, -0.2) is 4.67 Å². The van der Waals surface area contributed by atoms with Crippen molar-refractivity contribution in [3.05, 3.63) is 132 Å². The van der Waals surface area contributed by atoms with Crippen LogP contribution in [0.1, 0.15) is 24.1 Å². The van der Waals surface area contributed by atoms with Gasteiger partial charge in [0, 0.05) is 23.2 Å². The highest BCUT2D eigenvalue weighted by molar-refractivity contribution is 7.76. The van der Waals surface area contributed by atoms with Crippen molar-refractivity contribution in [2.75, 3.05) is 0 Å². The molecule has 0 amide bonds. The minimum absolute atomic E-state index is 0.0300. The van der Waals surface area contributed by atoms with Crippen LogP contribution < -0.4 is 10.6 Å². The smallest absolute Gasteiger partial charge is 0.208 e. The highest BCUT2D eigenvalue weighted by atomic mass is 31.2. The molecule has 4 aromatic carbocycles. The van der Waals surface area contributed by atoms with Gasteiger partial charge in [0.25, 0.3) is 0 Å². The lowest BCUT2D eigenvalue weighted by molar-refractivity contribution is 0.343. The fourth-order valence-corrected chi connectivity index (χ4v) is 6.89. The zero-order chi connectivity index (χ0) is 20.8. The molecule has 0 N–H and O–H groups in total. The zero-order valence-corrected chi connectivity index (χ0v) is 18.0. The molecule has 0 aliphatic rings. The van der Waals surface area contributed by atoms with E-state index in [1.807, 2.05) is 97.1 Å². The molecule has 0 saturated carbocycles. The molecule has 0 radical (unpaired) electrons. The van der Waals surface area contributed by atoms with Gasteiger partial charge in [-0.15, -0.1) is 0 Å². The van der Waals surface area contributed by atoms with E-state index in [-0.39, 0.29) is 6.04 Å². The molecule has 0 fully saturated rings. The quantitative estimate of drug-likeness (QED) is 0.339. The van der Waals surface area contributed by atoms with Crippen LogP contribution in [0, 0.1) is 0 Å². The van der Waals surface area contributed by atoms with E-state index in [9.17, 15) is 0 Å². The van der Waals surface area contributed by atoms with Gasteiger partial charge in [0.1, 0.15) is 0 Å². The van der Waals surface area contributed by atoms with Crippen molar-refractivity contribution in [2.24, 2.45) is 0 Å². The minimum Gasteiger partial charge on any atom is -0.296 e. The average Bonchev–Trinajstić information content (AvgIpc) is 2.84. The summed E-state index contributed by atoms with van der Waals surface area (Å²) in [6.45, 7) is 2.74. The SMILES string of the molecule is C[C@@H](c1ccccc1)N(Cc1ccccc1)P(=O)(c1ccccc1)c1ccccc1. The third-order valence-electron chi connectivity index (χ3n) is 5.49. The second kappa shape index (κ2) is 9.26. The molecule has 0 saturated heterocycles. The Balaban J connectivity index is 1.90. The molecule has 3 heteroatoms. The van der Waals surface area contributed by atoms with Crippen LogP contribution in [0.25, 0.3) is 0 Å². The molecule has 0 bridgehead atoms. The lowest BCUT2D eigenvalue weighted by atomic mass is 10.1. The van der Waals surface area contributed by atoms with Gasteiger partial charge in [0.15, 0.2) is 0 Å². The van der Waals surface area contributed by atoms with Gasteiger partial charge in [0.2, 0.25) is 7.29 Å². The first kappa shape index (κ1) is 20.3. The highest BCUT2D eigenvalue weighted by Gasteiger charge is 2.38. The van der Waals surface area contributed by atoms with Gasteiger partial charge in [-0.3, -0.25) is 4.57 Å². The minimum atomic E-state index is -3.09. The molecule has 0 heterocycles. The first-order chi connectivity index (χ1) is 14.7. The van der Waals surface area contributed by atoms with E-state index in [4.69, 9.17) is 0 Å². The molecular weight excluding hydrogens is 385 g/mol. The van der Waals surface area contributed by atoms with Gasteiger partial charge < -0.3 is 0 Å². The second-order valence-electron chi connectivity index (χ2n) is 7.42. The van der Waals surface area contributed by atoms with E-state index in [1.165, 1.54) is 0 Å². The van der Waals surface area contributed by atoms with Crippen LogP contribution in [-0.2, 0) is 11.1 Å². The summed E-state index contributed by atoms with van der Waals surface area (Å²) in [4.78, 5) is 0. The van der Waals surface area contributed by atoms with Gasteiger partial charge >= 0.3 is 0 Å². The summed E-state index contributed by atoms with van der Waals surface area (Å²) >= 11 is 0. The molecule has 0 aliphatic carbocycles. The van der Waals surface area contributed by atoms with E-state index in [2.05, 4.69) is 35.9 Å². The van der Waals surface area contributed by atoms with E-state index in [0.29, 0.717) is 6.54 Å². The van der Waals surface area contributed by atoms with Crippen molar-refractivity contribution in [1.82, 2.24) is 4.67 Å². The summed E-state index contributed by atoms with van der Waals surface area (Å²) in [6, 6.07) is 40.4. The average molecular weight is 411 g/mol. The third-order valence-corrected chi connectivity index (χ3v) is 8.70. The molecule has 30 heavy (non-hydrogen) atoms. The Bertz CT molecular complexity index is 1060. The van der Waals surface area contributed by atoms with Crippen LogP contribution in [0.3, 0.4) is 0 Å². The molecular formula is C27H26NOP. The fraction of sp³-hybridized carbons (Fsp3) is 0.111. The molecule has 0 aliphatic heterocycles. The Morgan fingerprint density at radius 2 is 1.03 bits per heavy atom. The Morgan fingerprint density at radius 1 is 0.633 bits per heavy atom. The summed E-state index contributed by atoms with van der Waals surface area (Å²) in [5.74, 6) is 0. The van der Waals surface area contributed by atoms with Crippen LogP contribution in [0.4, 0.5) is 0 Å². The molecule has 4 aromatic rings. The topological polar surface area (TPSA) is 20.3 Å². The summed E-state index contributed by atoms with van der Waals surface area (Å²) < 4.78 is 17.2. The Labute approximate surface area is 179 Å². The van der Waals surface area contributed by atoms with Crippen molar-refractivity contribution in [3.8, 4) is 0 Å². The van der Waals surface area contributed by atoms with E-state index < -0.39 is 7.29 Å². The third kappa shape index (κ3) is 4.16. The lowest BCUT2D eigenvalue weighted by Crippen LogP contribution is -2.34. The zero-order valence-electron chi connectivity index (χ0n) is 17.1. The number of hydrogen-bond donors (Lipinski definition) is 0. The summed E-state index contributed by atoms with van der Waals surface area (Å²) in [6.07, 6.45) is 0. The predicted molar refractivity (Wildman–Crippen MR) is 127 cm³/mol. The maximum atomic E-state index is 15.1. The van der Waals surface area contributed by atoms with Crippen LogP contribution in [-0.4, -0.2) is 4.67 Å². The Kier molecular flexibility index (Phi) is 6.28. The first-order valence-electron chi connectivity index (χ1n) is 10.3. The van der Waals surface area contributed by atoms with Crippen LogP contribution in [0.15, 0.2) is 121 Å².